The number of nitrogens with zero attached hydrogens (tertiary/aromatic N) is 2. The maximum atomic E-state index is 13.7. The van der Waals surface area contributed by atoms with Gasteiger partial charge in [-0.25, -0.2) is 19.2 Å². The van der Waals surface area contributed by atoms with Crippen molar-refractivity contribution < 1.29 is 27.1 Å². The molecule has 0 aliphatic heterocycles. The molecule has 0 spiro atoms. The molecule has 2 heterocycles. The number of aromatic nitrogens is 2. The van der Waals surface area contributed by atoms with Crippen molar-refractivity contribution in [3.05, 3.63) is 34.9 Å². The number of halogens is 4. The SMILES string of the molecule is CCOC(=O)c1cc2cc(F)c(CC)nc2nc1C(F)(F)F. The van der Waals surface area contributed by atoms with Crippen LogP contribution in [-0.4, -0.2) is 22.5 Å². The van der Waals surface area contributed by atoms with Crippen molar-refractivity contribution in [3.8, 4) is 0 Å². The van der Waals surface area contributed by atoms with Crippen LogP contribution in [0.25, 0.3) is 11.0 Å². The van der Waals surface area contributed by atoms with Crippen molar-refractivity contribution in [2.24, 2.45) is 0 Å². The molecule has 8 heteroatoms. The first kappa shape index (κ1) is 16.1. The summed E-state index contributed by atoms with van der Waals surface area (Å²) >= 11 is 0. The molecule has 2 rings (SSSR count). The fourth-order valence-corrected chi connectivity index (χ4v) is 1.94. The minimum atomic E-state index is -4.85. The van der Waals surface area contributed by atoms with Crippen LogP contribution in [0.2, 0.25) is 0 Å². The fraction of sp³-hybridized carbons (Fsp3) is 0.357. The van der Waals surface area contributed by atoms with Crippen molar-refractivity contribution in [1.82, 2.24) is 9.97 Å². The zero-order valence-electron chi connectivity index (χ0n) is 11.8. The molecule has 0 amide bonds. The highest BCUT2D eigenvalue weighted by Gasteiger charge is 2.38. The van der Waals surface area contributed by atoms with Crippen LogP contribution in [0.1, 0.15) is 35.6 Å². The maximum absolute atomic E-state index is 13.7. The van der Waals surface area contributed by atoms with Gasteiger partial charge in [-0.1, -0.05) is 6.92 Å². The Bertz CT molecular complexity index is 729. The van der Waals surface area contributed by atoms with Crippen LogP contribution in [0, 0.1) is 5.82 Å². The van der Waals surface area contributed by atoms with Crippen molar-refractivity contribution in [3.63, 3.8) is 0 Å². The molecule has 0 bridgehead atoms. The molecule has 22 heavy (non-hydrogen) atoms. The summed E-state index contributed by atoms with van der Waals surface area (Å²) in [6.45, 7) is 3.00. The number of alkyl halides is 3. The zero-order chi connectivity index (χ0) is 16.5. The van der Waals surface area contributed by atoms with Gasteiger partial charge in [0.25, 0.3) is 0 Å². The average Bonchev–Trinajstić information content (AvgIpc) is 2.44. The number of rotatable bonds is 3. The van der Waals surface area contributed by atoms with Crippen molar-refractivity contribution >= 4 is 17.0 Å². The minimum absolute atomic E-state index is 0.00533. The second-order valence-corrected chi connectivity index (χ2v) is 4.42. The molecule has 0 aliphatic rings. The normalized spacial score (nSPS) is 11.7. The van der Waals surface area contributed by atoms with Crippen LogP contribution in [0.4, 0.5) is 17.6 Å². The Morgan fingerprint density at radius 3 is 2.45 bits per heavy atom. The number of hydrogen-bond acceptors (Lipinski definition) is 4. The number of fused-ring (bicyclic) bond motifs is 1. The predicted molar refractivity (Wildman–Crippen MR) is 69.8 cm³/mol. The highest BCUT2D eigenvalue weighted by molar-refractivity contribution is 5.94. The summed E-state index contributed by atoms with van der Waals surface area (Å²) < 4.78 is 57.5. The fourth-order valence-electron chi connectivity index (χ4n) is 1.94. The third-order valence-electron chi connectivity index (χ3n) is 2.93. The summed E-state index contributed by atoms with van der Waals surface area (Å²) in [7, 11) is 0. The van der Waals surface area contributed by atoms with Gasteiger partial charge in [0, 0.05) is 5.39 Å². The zero-order valence-corrected chi connectivity index (χ0v) is 11.8. The molecule has 0 aromatic carbocycles. The van der Waals surface area contributed by atoms with Gasteiger partial charge in [0.15, 0.2) is 11.3 Å². The largest absolute Gasteiger partial charge is 0.462 e. The summed E-state index contributed by atoms with van der Waals surface area (Å²) in [6.07, 6.45) is -4.64. The summed E-state index contributed by atoms with van der Waals surface area (Å²) in [5, 5.41) is 0.00533. The number of carbonyl (C=O) groups excluding carboxylic acids is 1. The van der Waals surface area contributed by atoms with E-state index in [0.717, 1.165) is 12.1 Å². The molecule has 0 saturated heterocycles. The van der Waals surface area contributed by atoms with E-state index in [1.165, 1.54) is 6.92 Å². The summed E-state index contributed by atoms with van der Waals surface area (Å²) in [5.74, 6) is -1.82. The van der Waals surface area contributed by atoms with Crippen molar-refractivity contribution in [1.29, 1.82) is 0 Å². The van der Waals surface area contributed by atoms with E-state index in [2.05, 4.69) is 14.7 Å². The third-order valence-corrected chi connectivity index (χ3v) is 2.93. The first-order valence-corrected chi connectivity index (χ1v) is 6.52. The van der Waals surface area contributed by atoms with Gasteiger partial charge < -0.3 is 4.74 Å². The molecule has 0 aliphatic carbocycles. The van der Waals surface area contributed by atoms with Crippen LogP contribution in [0.15, 0.2) is 12.1 Å². The first-order valence-electron chi connectivity index (χ1n) is 6.52. The highest BCUT2D eigenvalue weighted by Crippen LogP contribution is 2.32. The molecular formula is C14H12F4N2O2. The number of esters is 1. The quantitative estimate of drug-likeness (QED) is 0.642. The molecule has 2 aromatic rings. The van der Waals surface area contributed by atoms with E-state index in [9.17, 15) is 22.4 Å². The highest BCUT2D eigenvalue weighted by atomic mass is 19.4. The number of aryl methyl sites for hydroxylation is 1. The second-order valence-electron chi connectivity index (χ2n) is 4.42. The average molecular weight is 316 g/mol. The van der Waals surface area contributed by atoms with E-state index in [1.54, 1.807) is 6.92 Å². The summed E-state index contributed by atoms with van der Waals surface area (Å²) in [4.78, 5) is 18.9. The minimum Gasteiger partial charge on any atom is -0.462 e. The Morgan fingerprint density at radius 2 is 1.91 bits per heavy atom. The molecule has 0 N–H and O–H groups in total. The second kappa shape index (κ2) is 5.86. The lowest BCUT2D eigenvalue weighted by atomic mass is 10.1. The van der Waals surface area contributed by atoms with Crippen LogP contribution in [-0.2, 0) is 17.3 Å². The lowest BCUT2D eigenvalue weighted by molar-refractivity contribution is -0.141. The third kappa shape index (κ3) is 3.00. The molecule has 118 valence electrons. The van der Waals surface area contributed by atoms with Gasteiger partial charge in [0.1, 0.15) is 5.82 Å². The Balaban J connectivity index is 2.74. The predicted octanol–water partition coefficient (Wildman–Crippen LogP) is 3.53. The van der Waals surface area contributed by atoms with Gasteiger partial charge >= 0.3 is 12.1 Å². The van der Waals surface area contributed by atoms with Gasteiger partial charge in [-0.2, -0.15) is 13.2 Å². The number of hydrogen-bond donors (Lipinski definition) is 0. The Morgan fingerprint density at radius 1 is 1.23 bits per heavy atom. The number of ether oxygens (including phenoxy) is 1. The van der Waals surface area contributed by atoms with Crippen LogP contribution >= 0.6 is 0 Å². The molecule has 0 saturated carbocycles. The van der Waals surface area contributed by atoms with E-state index in [0.29, 0.717) is 0 Å². The smallest absolute Gasteiger partial charge is 0.434 e. The molecule has 0 atom stereocenters. The van der Waals surface area contributed by atoms with Crippen molar-refractivity contribution in [2.45, 2.75) is 26.4 Å². The lowest BCUT2D eigenvalue weighted by Crippen LogP contribution is -2.18. The number of pyridine rings is 2. The molecule has 0 unspecified atom stereocenters. The van der Waals surface area contributed by atoms with E-state index in [1.807, 2.05) is 0 Å². The maximum Gasteiger partial charge on any atom is 0.434 e. The van der Waals surface area contributed by atoms with E-state index in [4.69, 9.17) is 0 Å². The van der Waals surface area contributed by atoms with Gasteiger partial charge in [-0.15, -0.1) is 0 Å². The Hall–Kier alpha value is -2.25. The lowest BCUT2D eigenvalue weighted by Gasteiger charge is -2.12. The summed E-state index contributed by atoms with van der Waals surface area (Å²) in [5.41, 5.74) is -2.40. The Kier molecular flexibility index (Phi) is 4.30. The molecule has 2 aromatic heterocycles. The van der Waals surface area contributed by atoms with Gasteiger partial charge in [0.2, 0.25) is 0 Å². The van der Waals surface area contributed by atoms with Crippen LogP contribution < -0.4 is 0 Å². The molecular weight excluding hydrogens is 304 g/mol. The Labute approximate surface area is 123 Å². The van der Waals surface area contributed by atoms with Gasteiger partial charge in [0.05, 0.1) is 17.9 Å². The van der Waals surface area contributed by atoms with E-state index < -0.39 is 29.2 Å². The van der Waals surface area contributed by atoms with Crippen molar-refractivity contribution in [2.75, 3.05) is 6.61 Å². The summed E-state index contributed by atoms with van der Waals surface area (Å²) in [6, 6.07) is 1.91. The van der Waals surface area contributed by atoms with Crippen LogP contribution in [0.5, 0.6) is 0 Å². The van der Waals surface area contributed by atoms with E-state index >= 15 is 0 Å². The topological polar surface area (TPSA) is 52.1 Å². The van der Waals surface area contributed by atoms with E-state index in [-0.39, 0.29) is 29.8 Å². The monoisotopic (exact) mass is 316 g/mol. The number of carbonyl (C=O) groups is 1. The van der Waals surface area contributed by atoms with Gasteiger partial charge in [-0.3, -0.25) is 0 Å². The molecule has 0 fully saturated rings. The van der Waals surface area contributed by atoms with Crippen LogP contribution in [0.3, 0.4) is 0 Å². The standard InChI is InChI=1S/C14H12F4N2O2/c1-3-10-9(15)6-7-5-8(13(21)22-4-2)11(14(16,17)18)20-12(7)19-10/h5-6H,3-4H2,1-2H3. The molecule has 4 nitrogen and oxygen atoms in total. The first-order chi connectivity index (χ1) is 10.3. The van der Waals surface area contributed by atoms with Gasteiger partial charge in [-0.05, 0) is 25.5 Å². The molecule has 0 radical (unpaired) electrons.